The molecule has 0 amide bonds. The van der Waals surface area contributed by atoms with E-state index in [4.69, 9.17) is 15.2 Å². The molecule has 4 nitrogen and oxygen atoms in total. The average Bonchev–Trinajstić information content (AvgIpc) is 2.16. The van der Waals surface area contributed by atoms with Crippen molar-refractivity contribution in [3.63, 3.8) is 0 Å². The molecule has 0 spiro atoms. The minimum Gasteiger partial charge on any atom is -0.354 e. The molecule has 0 saturated carbocycles. The van der Waals surface area contributed by atoms with Gasteiger partial charge in [-0.25, -0.2) is 0 Å². The van der Waals surface area contributed by atoms with Crippen LogP contribution in [0.2, 0.25) is 0 Å². The SMILES string of the molecule is COC(OC)C([SiH3])(NCCN)C(C)C. The summed E-state index contributed by atoms with van der Waals surface area (Å²) in [7, 11) is 4.30. The van der Waals surface area contributed by atoms with Crippen molar-refractivity contribution in [3.8, 4) is 0 Å². The van der Waals surface area contributed by atoms with Gasteiger partial charge >= 0.3 is 0 Å². The summed E-state index contributed by atoms with van der Waals surface area (Å²) in [6.45, 7) is 5.77. The minimum atomic E-state index is -0.194. The Balaban J connectivity index is 4.50. The minimum absolute atomic E-state index is 0.0666. The van der Waals surface area contributed by atoms with Crippen LogP contribution in [-0.2, 0) is 9.47 Å². The molecular weight excluding hydrogens is 196 g/mol. The Morgan fingerprint density at radius 3 is 2.14 bits per heavy atom. The second-order valence-corrected chi connectivity index (χ2v) is 5.61. The first kappa shape index (κ1) is 14.1. The van der Waals surface area contributed by atoms with Crippen LogP contribution in [0.3, 0.4) is 0 Å². The van der Waals surface area contributed by atoms with Gasteiger partial charge in [-0.2, -0.15) is 0 Å². The molecule has 0 aliphatic heterocycles. The quantitative estimate of drug-likeness (QED) is 0.421. The lowest BCUT2D eigenvalue weighted by Gasteiger charge is -2.40. The van der Waals surface area contributed by atoms with Gasteiger partial charge in [0, 0.05) is 37.6 Å². The smallest absolute Gasteiger partial charge is 0.171 e. The fraction of sp³-hybridized carbons (Fsp3) is 1.00. The summed E-state index contributed by atoms with van der Waals surface area (Å²) < 4.78 is 10.7. The van der Waals surface area contributed by atoms with Crippen LogP contribution < -0.4 is 11.1 Å². The second kappa shape index (κ2) is 6.52. The number of nitrogens with two attached hydrogens (primary N) is 1. The normalized spacial score (nSPS) is 16.5. The summed E-state index contributed by atoms with van der Waals surface area (Å²) in [5, 5.41) is 3.37. The summed E-state index contributed by atoms with van der Waals surface area (Å²) in [4.78, 5) is 0. The molecule has 0 saturated heterocycles. The van der Waals surface area contributed by atoms with Crippen molar-refractivity contribution < 1.29 is 9.47 Å². The van der Waals surface area contributed by atoms with Crippen LogP contribution in [0.15, 0.2) is 0 Å². The highest BCUT2D eigenvalue weighted by molar-refractivity contribution is 6.16. The molecule has 0 fully saturated rings. The summed E-state index contributed by atoms with van der Waals surface area (Å²) >= 11 is 0. The number of ether oxygens (including phenoxy) is 2. The molecule has 14 heavy (non-hydrogen) atoms. The topological polar surface area (TPSA) is 56.5 Å². The van der Waals surface area contributed by atoms with Gasteiger partial charge in [0.2, 0.25) is 0 Å². The number of nitrogens with one attached hydrogen (secondary N) is 1. The zero-order chi connectivity index (χ0) is 11.2. The third-order valence-electron chi connectivity index (χ3n) is 2.77. The van der Waals surface area contributed by atoms with Crippen molar-refractivity contribution in [3.05, 3.63) is 0 Å². The molecule has 1 atom stereocenters. The number of methoxy groups -OCH3 is 2. The maximum absolute atomic E-state index is 5.49. The Hall–Kier alpha value is 0.0569. The molecular formula is C9H24N2O2Si. The zero-order valence-electron chi connectivity index (χ0n) is 9.96. The Labute approximate surface area is 89.9 Å². The molecule has 0 bridgehead atoms. The number of hydrogen-bond donors (Lipinski definition) is 2. The first-order chi connectivity index (χ1) is 6.52. The van der Waals surface area contributed by atoms with E-state index in [0.717, 1.165) is 16.8 Å². The maximum atomic E-state index is 5.49. The van der Waals surface area contributed by atoms with Crippen molar-refractivity contribution in [2.75, 3.05) is 27.3 Å². The van der Waals surface area contributed by atoms with Gasteiger partial charge in [-0.15, -0.1) is 0 Å². The van der Waals surface area contributed by atoms with E-state index in [1.807, 2.05) is 0 Å². The molecule has 0 aromatic heterocycles. The van der Waals surface area contributed by atoms with E-state index in [1.165, 1.54) is 0 Å². The summed E-state index contributed by atoms with van der Waals surface area (Å²) in [6, 6.07) is 0. The van der Waals surface area contributed by atoms with Gasteiger partial charge in [0.05, 0.1) is 5.16 Å². The molecule has 5 heteroatoms. The maximum Gasteiger partial charge on any atom is 0.171 e. The van der Waals surface area contributed by atoms with Crippen LogP contribution in [0.25, 0.3) is 0 Å². The predicted molar refractivity (Wildman–Crippen MR) is 62.4 cm³/mol. The summed E-state index contributed by atoms with van der Waals surface area (Å²) in [5.41, 5.74) is 5.49. The lowest BCUT2D eigenvalue weighted by atomic mass is 10.0. The third kappa shape index (κ3) is 3.32. The lowest BCUT2D eigenvalue weighted by molar-refractivity contribution is -0.143. The average molecular weight is 220 g/mol. The number of rotatable bonds is 7. The Morgan fingerprint density at radius 1 is 1.36 bits per heavy atom. The highest BCUT2D eigenvalue weighted by Gasteiger charge is 2.36. The first-order valence-corrected chi connectivity index (χ1v) is 6.03. The van der Waals surface area contributed by atoms with Crippen LogP contribution >= 0.6 is 0 Å². The molecule has 0 aliphatic carbocycles. The second-order valence-electron chi connectivity index (χ2n) is 3.96. The highest BCUT2D eigenvalue weighted by Crippen LogP contribution is 2.20. The number of hydrogen-bond acceptors (Lipinski definition) is 4. The standard InChI is InChI=1S/C9H24N2O2Si/c1-7(2)9(14,11-6-5-10)8(12-3)13-4/h7-8,11H,5-6,10H2,1-4,14H3. The first-order valence-electron chi connectivity index (χ1n) is 5.03. The molecule has 0 aromatic rings. The largest absolute Gasteiger partial charge is 0.354 e. The van der Waals surface area contributed by atoms with Crippen LogP contribution in [0.4, 0.5) is 0 Å². The van der Waals surface area contributed by atoms with Gasteiger partial charge in [-0.3, -0.25) is 0 Å². The molecule has 0 heterocycles. The van der Waals surface area contributed by atoms with Crippen LogP contribution in [0.1, 0.15) is 13.8 Å². The predicted octanol–water partition coefficient (Wildman–Crippen LogP) is -1.13. The van der Waals surface area contributed by atoms with E-state index < -0.39 is 0 Å². The molecule has 86 valence electrons. The molecule has 3 N–H and O–H groups in total. The molecule has 1 unspecified atom stereocenters. The van der Waals surface area contributed by atoms with Gasteiger partial charge in [0.1, 0.15) is 0 Å². The van der Waals surface area contributed by atoms with Gasteiger partial charge in [-0.1, -0.05) is 13.8 Å². The Bertz CT molecular complexity index is 154. The summed E-state index contributed by atoms with van der Waals surface area (Å²) in [6.07, 6.45) is -0.194. The van der Waals surface area contributed by atoms with Crippen molar-refractivity contribution in [1.82, 2.24) is 5.32 Å². The van der Waals surface area contributed by atoms with E-state index in [9.17, 15) is 0 Å². The Kier molecular flexibility index (Phi) is 6.55. The van der Waals surface area contributed by atoms with Gasteiger partial charge in [-0.05, 0) is 5.92 Å². The zero-order valence-corrected chi connectivity index (χ0v) is 12.0. The lowest BCUT2D eigenvalue weighted by Crippen LogP contribution is -2.61. The fourth-order valence-electron chi connectivity index (χ4n) is 1.49. The van der Waals surface area contributed by atoms with E-state index in [1.54, 1.807) is 14.2 Å². The highest BCUT2D eigenvalue weighted by atomic mass is 28.1. The van der Waals surface area contributed by atoms with Crippen molar-refractivity contribution >= 4 is 10.2 Å². The third-order valence-corrected chi connectivity index (χ3v) is 4.75. The van der Waals surface area contributed by atoms with Crippen molar-refractivity contribution in [2.45, 2.75) is 25.3 Å². The van der Waals surface area contributed by atoms with Gasteiger partial charge in [0.15, 0.2) is 6.29 Å². The molecule has 0 aromatic carbocycles. The van der Waals surface area contributed by atoms with E-state index in [0.29, 0.717) is 12.5 Å². The van der Waals surface area contributed by atoms with Crippen molar-refractivity contribution in [1.29, 1.82) is 0 Å². The van der Waals surface area contributed by atoms with E-state index in [2.05, 4.69) is 19.2 Å². The van der Waals surface area contributed by atoms with Crippen LogP contribution in [-0.4, -0.2) is 49.0 Å². The summed E-state index contributed by atoms with van der Waals surface area (Å²) in [5.74, 6) is 0.464. The van der Waals surface area contributed by atoms with Crippen LogP contribution in [0, 0.1) is 5.92 Å². The van der Waals surface area contributed by atoms with E-state index in [-0.39, 0.29) is 11.5 Å². The molecule has 0 rings (SSSR count). The fourth-order valence-corrected chi connectivity index (χ4v) is 2.21. The monoisotopic (exact) mass is 220 g/mol. The molecule has 0 aliphatic rings. The van der Waals surface area contributed by atoms with Crippen molar-refractivity contribution in [2.24, 2.45) is 11.7 Å². The van der Waals surface area contributed by atoms with Gasteiger partial charge in [0.25, 0.3) is 0 Å². The molecule has 0 radical (unpaired) electrons. The Morgan fingerprint density at radius 2 is 1.86 bits per heavy atom. The van der Waals surface area contributed by atoms with E-state index >= 15 is 0 Å². The van der Waals surface area contributed by atoms with Crippen LogP contribution in [0.5, 0.6) is 0 Å². The van der Waals surface area contributed by atoms with Gasteiger partial charge < -0.3 is 20.5 Å².